The smallest absolute Gasteiger partial charge is 0.251 e. The molecule has 0 bridgehead atoms. The van der Waals surface area contributed by atoms with Gasteiger partial charge in [0, 0.05) is 30.3 Å². The van der Waals surface area contributed by atoms with Gasteiger partial charge in [-0.2, -0.15) is 5.10 Å². The number of hydrogen-bond acceptors (Lipinski definition) is 3. The third kappa shape index (κ3) is 2.90. The van der Waals surface area contributed by atoms with Gasteiger partial charge in [0.2, 0.25) is 0 Å². The number of aliphatic hydroxyl groups is 1. The van der Waals surface area contributed by atoms with E-state index in [-0.39, 0.29) is 5.91 Å². The van der Waals surface area contributed by atoms with Crippen molar-refractivity contribution in [2.75, 3.05) is 13.1 Å². The van der Waals surface area contributed by atoms with Crippen LogP contribution in [0.4, 0.5) is 0 Å². The molecule has 2 heterocycles. The number of rotatable bonds is 3. The molecule has 1 saturated heterocycles. The van der Waals surface area contributed by atoms with Crippen LogP contribution in [0.25, 0.3) is 11.1 Å². The molecule has 1 aliphatic rings. The molecular formula is C17H21N3O2. The second-order valence-electron chi connectivity index (χ2n) is 5.84. The fraction of sp³-hybridized carbons (Fsp3) is 0.412. The van der Waals surface area contributed by atoms with Gasteiger partial charge in [-0.25, -0.2) is 0 Å². The number of hydrogen-bond donors (Lipinski definition) is 2. The Hall–Kier alpha value is -2.14. The summed E-state index contributed by atoms with van der Waals surface area (Å²) in [5.74, 6) is 0.196. The fourth-order valence-corrected chi connectivity index (χ4v) is 3.11. The van der Waals surface area contributed by atoms with Gasteiger partial charge in [0.25, 0.3) is 5.91 Å². The number of likely N-dealkylation sites (tertiary alicyclic amines) is 1. The lowest BCUT2D eigenvalue weighted by Gasteiger charge is -2.32. The summed E-state index contributed by atoms with van der Waals surface area (Å²) in [6, 6.07) is 10.2. The number of H-pyrrole nitrogens is 1. The van der Waals surface area contributed by atoms with Crippen molar-refractivity contribution < 1.29 is 9.90 Å². The van der Waals surface area contributed by atoms with Crippen molar-refractivity contribution in [3.8, 4) is 11.1 Å². The van der Waals surface area contributed by atoms with Gasteiger partial charge in [-0.05, 0) is 25.3 Å². The molecule has 22 heavy (non-hydrogen) atoms. The molecule has 5 nitrogen and oxygen atoms in total. The van der Waals surface area contributed by atoms with Crippen LogP contribution < -0.4 is 0 Å². The molecular weight excluding hydrogens is 278 g/mol. The van der Waals surface area contributed by atoms with E-state index < -0.39 is 6.10 Å². The first-order valence-electron chi connectivity index (χ1n) is 7.72. The van der Waals surface area contributed by atoms with Gasteiger partial charge in [-0.1, -0.05) is 30.3 Å². The molecule has 0 saturated carbocycles. The number of benzene rings is 1. The van der Waals surface area contributed by atoms with Crippen molar-refractivity contribution in [2.45, 2.75) is 31.8 Å². The van der Waals surface area contributed by atoms with E-state index in [1.807, 2.05) is 24.4 Å². The van der Waals surface area contributed by atoms with E-state index in [2.05, 4.69) is 22.3 Å². The predicted molar refractivity (Wildman–Crippen MR) is 84.3 cm³/mol. The zero-order valence-electron chi connectivity index (χ0n) is 12.7. The number of nitrogens with one attached hydrogen (secondary N) is 1. The molecule has 5 heteroatoms. The Kier molecular flexibility index (Phi) is 4.24. The highest BCUT2D eigenvalue weighted by molar-refractivity contribution is 5.80. The number of carbonyl (C=O) groups excluding carboxylic acids is 1. The monoisotopic (exact) mass is 299 g/mol. The highest BCUT2D eigenvalue weighted by Crippen LogP contribution is 2.33. The Morgan fingerprint density at radius 2 is 2.00 bits per heavy atom. The molecule has 0 aliphatic carbocycles. The van der Waals surface area contributed by atoms with E-state index in [0.29, 0.717) is 19.0 Å². The summed E-state index contributed by atoms with van der Waals surface area (Å²) in [5, 5.41) is 16.8. The molecule has 1 amide bonds. The summed E-state index contributed by atoms with van der Waals surface area (Å²) >= 11 is 0. The zero-order valence-corrected chi connectivity index (χ0v) is 12.7. The summed E-state index contributed by atoms with van der Waals surface area (Å²) in [7, 11) is 0. The average molecular weight is 299 g/mol. The largest absolute Gasteiger partial charge is 0.384 e. The van der Waals surface area contributed by atoms with E-state index in [9.17, 15) is 9.90 Å². The Morgan fingerprint density at radius 3 is 2.64 bits per heavy atom. The Morgan fingerprint density at radius 1 is 1.32 bits per heavy atom. The molecule has 1 atom stereocenters. The number of aromatic nitrogens is 2. The minimum atomic E-state index is -0.913. The van der Waals surface area contributed by atoms with Gasteiger partial charge in [-0.3, -0.25) is 9.89 Å². The Labute approximate surface area is 130 Å². The third-order valence-electron chi connectivity index (χ3n) is 4.33. The van der Waals surface area contributed by atoms with Gasteiger partial charge >= 0.3 is 0 Å². The molecule has 0 spiro atoms. The van der Waals surface area contributed by atoms with Crippen LogP contribution in [-0.4, -0.2) is 45.3 Å². The number of aliphatic hydroxyl groups excluding tert-OH is 1. The average Bonchev–Trinajstić information content (AvgIpc) is 3.04. The molecule has 1 aliphatic heterocycles. The molecule has 1 fully saturated rings. The van der Waals surface area contributed by atoms with Crippen molar-refractivity contribution in [1.82, 2.24) is 15.1 Å². The van der Waals surface area contributed by atoms with Gasteiger partial charge in [-0.15, -0.1) is 0 Å². The maximum atomic E-state index is 11.8. The number of aromatic amines is 1. The van der Waals surface area contributed by atoms with Crippen molar-refractivity contribution >= 4 is 5.91 Å². The number of nitrogens with zero attached hydrogens (tertiary/aromatic N) is 2. The van der Waals surface area contributed by atoms with Crippen LogP contribution in [0.2, 0.25) is 0 Å². The SMILES string of the molecule is C[C@@H](O)C(=O)N1CCC(c2[nH]ncc2-c2ccccc2)CC1. The molecule has 0 unspecified atom stereocenters. The maximum Gasteiger partial charge on any atom is 0.251 e. The number of amides is 1. The lowest BCUT2D eigenvalue weighted by molar-refractivity contribution is -0.140. The minimum absolute atomic E-state index is 0.175. The van der Waals surface area contributed by atoms with E-state index in [1.54, 1.807) is 4.90 Å². The van der Waals surface area contributed by atoms with E-state index in [1.165, 1.54) is 6.92 Å². The lowest BCUT2D eigenvalue weighted by Crippen LogP contribution is -2.42. The van der Waals surface area contributed by atoms with Crippen molar-refractivity contribution in [3.63, 3.8) is 0 Å². The topological polar surface area (TPSA) is 69.2 Å². The summed E-state index contributed by atoms with van der Waals surface area (Å²) in [6.45, 7) is 2.89. The van der Waals surface area contributed by atoms with Crippen molar-refractivity contribution in [3.05, 3.63) is 42.2 Å². The van der Waals surface area contributed by atoms with Crippen LogP contribution in [0.5, 0.6) is 0 Å². The Bertz CT molecular complexity index is 628. The first-order chi connectivity index (χ1) is 10.7. The van der Waals surface area contributed by atoms with Crippen molar-refractivity contribution in [2.24, 2.45) is 0 Å². The van der Waals surface area contributed by atoms with E-state index in [4.69, 9.17) is 0 Å². The van der Waals surface area contributed by atoms with Crippen LogP contribution >= 0.6 is 0 Å². The third-order valence-corrected chi connectivity index (χ3v) is 4.33. The van der Waals surface area contributed by atoms with Crippen molar-refractivity contribution in [1.29, 1.82) is 0 Å². The summed E-state index contributed by atoms with van der Waals surface area (Å²) in [5.41, 5.74) is 3.45. The fourth-order valence-electron chi connectivity index (χ4n) is 3.11. The first-order valence-corrected chi connectivity index (χ1v) is 7.72. The minimum Gasteiger partial charge on any atom is -0.384 e. The molecule has 3 rings (SSSR count). The highest BCUT2D eigenvalue weighted by Gasteiger charge is 2.28. The van der Waals surface area contributed by atoms with Gasteiger partial charge in [0.15, 0.2) is 0 Å². The number of carbonyl (C=O) groups is 1. The van der Waals surface area contributed by atoms with E-state index >= 15 is 0 Å². The maximum absolute atomic E-state index is 11.8. The first kappa shape index (κ1) is 14.8. The standard InChI is InChI=1S/C17H21N3O2/c1-12(21)17(22)20-9-7-14(8-10-20)16-15(11-18-19-16)13-5-3-2-4-6-13/h2-6,11-12,14,21H,7-10H2,1H3,(H,18,19)/t12-/m1/s1. The van der Waals surface area contributed by atoms with E-state index in [0.717, 1.165) is 29.7 Å². The highest BCUT2D eigenvalue weighted by atomic mass is 16.3. The lowest BCUT2D eigenvalue weighted by atomic mass is 9.89. The summed E-state index contributed by atoms with van der Waals surface area (Å²) < 4.78 is 0. The predicted octanol–water partition coefficient (Wildman–Crippen LogP) is 2.16. The van der Waals surface area contributed by atoms with Crippen LogP contribution in [0.15, 0.2) is 36.5 Å². The molecule has 2 N–H and O–H groups in total. The quantitative estimate of drug-likeness (QED) is 0.912. The number of piperidine rings is 1. The van der Waals surface area contributed by atoms with Crippen LogP contribution in [0.1, 0.15) is 31.4 Å². The molecule has 0 radical (unpaired) electrons. The molecule has 1 aromatic carbocycles. The van der Waals surface area contributed by atoms with Gasteiger partial charge in [0.1, 0.15) is 6.10 Å². The van der Waals surface area contributed by atoms with Crippen LogP contribution in [0, 0.1) is 0 Å². The van der Waals surface area contributed by atoms with Crippen LogP contribution in [-0.2, 0) is 4.79 Å². The molecule has 2 aromatic rings. The molecule has 116 valence electrons. The molecule has 1 aromatic heterocycles. The second-order valence-corrected chi connectivity index (χ2v) is 5.84. The van der Waals surface area contributed by atoms with Gasteiger partial charge < -0.3 is 10.0 Å². The summed E-state index contributed by atoms with van der Waals surface area (Å²) in [6.07, 6.45) is 2.74. The Balaban J connectivity index is 1.73. The van der Waals surface area contributed by atoms with Crippen LogP contribution in [0.3, 0.4) is 0 Å². The normalized spacial score (nSPS) is 17.5. The second kappa shape index (κ2) is 6.32. The van der Waals surface area contributed by atoms with Gasteiger partial charge in [0.05, 0.1) is 6.20 Å². The zero-order chi connectivity index (χ0) is 15.5. The summed E-state index contributed by atoms with van der Waals surface area (Å²) in [4.78, 5) is 13.6.